The summed E-state index contributed by atoms with van der Waals surface area (Å²) in [6.07, 6.45) is 13.2. The molecule has 3 rings (SSSR count). The summed E-state index contributed by atoms with van der Waals surface area (Å²) in [4.78, 5) is 0. The highest BCUT2D eigenvalue weighted by Gasteiger charge is 2.30. The van der Waals surface area contributed by atoms with Gasteiger partial charge in [0.15, 0.2) is 0 Å². The van der Waals surface area contributed by atoms with E-state index in [1.807, 2.05) is 6.08 Å². The Hall–Kier alpha value is -0.890. The first kappa shape index (κ1) is 15.0. The van der Waals surface area contributed by atoms with Gasteiger partial charge in [0.1, 0.15) is 16.7 Å². The molecule has 0 aliphatic heterocycles. The van der Waals surface area contributed by atoms with E-state index in [1.54, 1.807) is 0 Å². The van der Waals surface area contributed by atoms with Crippen molar-refractivity contribution in [2.45, 2.75) is 44.9 Å². The molecule has 0 amide bonds. The van der Waals surface area contributed by atoms with E-state index in [1.165, 1.54) is 57.1 Å². The molecule has 0 spiro atoms. The van der Waals surface area contributed by atoms with Crippen LogP contribution in [0.3, 0.4) is 0 Å². The van der Waals surface area contributed by atoms with Crippen LogP contribution in [0.2, 0.25) is 5.02 Å². The summed E-state index contributed by atoms with van der Waals surface area (Å²) in [7, 11) is 0. The van der Waals surface area contributed by atoms with Crippen molar-refractivity contribution in [3.05, 3.63) is 40.4 Å². The largest absolute Gasteiger partial charge is 0.205 e. The first-order valence-corrected chi connectivity index (χ1v) is 8.34. The van der Waals surface area contributed by atoms with E-state index in [0.29, 0.717) is 11.5 Å². The van der Waals surface area contributed by atoms with Gasteiger partial charge in [-0.2, -0.15) is 0 Å². The van der Waals surface area contributed by atoms with E-state index in [-0.39, 0.29) is 0 Å². The van der Waals surface area contributed by atoms with Crippen LogP contribution >= 0.6 is 11.6 Å². The normalized spacial score (nSPS) is 29.6. The molecule has 2 aliphatic rings. The van der Waals surface area contributed by atoms with Crippen molar-refractivity contribution in [1.29, 1.82) is 0 Å². The molecule has 0 saturated heterocycles. The second-order valence-corrected chi connectivity index (χ2v) is 6.91. The summed E-state index contributed by atoms with van der Waals surface area (Å²) in [5.41, 5.74) is 0.556. The first-order valence-electron chi connectivity index (χ1n) is 7.96. The van der Waals surface area contributed by atoms with Gasteiger partial charge in [0.05, 0.1) is 0 Å². The Labute approximate surface area is 130 Å². The molecule has 1 aromatic carbocycles. The summed E-state index contributed by atoms with van der Waals surface area (Å²) in [5.74, 6) is 0.959. The second-order valence-electron chi connectivity index (χ2n) is 6.54. The number of halogens is 3. The maximum atomic E-state index is 13.4. The molecule has 3 unspecified atom stereocenters. The SMILES string of the molecule is Fc1cc(/C=C/C2CCC3CCCCC3C2)cc(F)c1Cl. The molecule has 0 nitrogen and oxygen atoms in total. The fraction of sp³-hybridized carbons (Fsp3) is 0.556. The van der Waals surface area contributed by atoms with Crippen molar-refractivity contribution in [3.8, 4) is 0 Å². The smallest absolute Gasteiger partial charge is 0.145 e. The molecule has 3 heteroatoms. The van der Waals surface area contributed by atoms with Crippen LogP contribution in [-0.4, -0.2) is 0 Å². The Morgan fingerprint density at radius 1 is 0.952 bits per heavy atom. The Morgan fingerprint density at radius 3 is 2.33 bits per heavy atom. The van der Waals surface area contributed by atoms with Crippen LogP contribution in [0.25, 0.3) is 6.08 Å². The summed E-state index contributed by atoms with van der Waals surface area (Å²) in [6.45, 7) is 0. The van der Waals surface area contributed by atoms with Crippen molar-refractivity contribution in [2.24, 2.45) is 17.8 Å². The number of rotatable bonds is 2. The number of allylic oxidation sites excluding steroid dienone is 1. The molecule has 114 valence electrons. The lowest BCUT2D eigenvalue weighted by molar-refractivity contribution is 0.147. The molecule has 0 aromatic heterocycles. The van der Waals surface area contributed by atoms with Crippen LogP contribution in [0.15, 0.2) is 18.2 Å². The van der Waals surface area contributed by atoms with Crippen LogP contribution in [0, 0.1) is 29.4 Å². The Morgan fingerprint density at radius 2 is 1.62 bits per heavy atom. The van der Waals surface area contributed by atoms with Gasteiger partial charge in [-0.1, -0.05) is 49.4 Å². The van der Waals surface area contributed by atoms with Crippen molar-refractivity contribution >= 4 is 17.7 Å². The van der Waals surface area contributed by atoms with Crippen LogP contribution < -0.4 is 0 Å². The number of hydrogen-bond acceptors (Lipinski definition) is 0. The molecule has 1 aromatic rings. The van der Waals surface area contributed by atoms with Gasteiger partial charge in [0, 0.05) is 0 Å². The van der Waals surface area contributed by atoms with E-state index in [4.69, 9.17) is 11.6 Å². The highest BCUT2D eigenvalue weighted by atomic mass is 35.5. The zero-order valence-electron chi connectivity index (χ0n) is 12.1. The fourth-order valence-corrected chi connectivity index (χ4v) is 4.11. The average Bonchev–Trinajstić information content (AvgIpc) is 2.50. The molecule has 2 aliphatic carbocycles. The number of fused-ring (bicyclic) bond motifs is 1. The van der Waals surface area contributed by atoms with Crippen LogP contribution in [0.5, 0.6) is 0 Å². The van der Waals surface area contributed by atoms with Gasteiger partial charge in [-0.15, -0.1) is 0 Å². The maximum Gasteiger partial charge on any atom is 0.145 e. The van der Waals surface area contributed by atoms with Gasteiger partial charge in [-0.3, -0.25) is 0 Å². The molecule has 3 atom stereocenters. The second kappa shape index (κ2) is 6.48. The third-order valence-corrected chi connectivity index (χ3v) is 5.51. The number of benzene rings is 1. The third-order valence-electron chi connectivity index (χ3n) is 5.15. The predicted octanol–water partition coefficient (Wildman–Crippen LogP) is 6.24. The van der Waals surface area contributed by atoms with Crippen LogP contribution in [-0.2, 0) is 0 Å². The van der Waals surface area contributed by atoms with Gasteiger partial charge in [-0.25, -0.2) is 8.78 Å². The average molecular weight is 311 g/mol. The molecular weight excluding hydrogens is 290 g/mol. The lowest BCUT2D eigenvalue weighted by atomic mass is 9.67. The standard InChI is InChI=1S/C18H21ClF2/c19-18-16(20)10-13(11-17(18)21)6-5-12-7-8-14-3-1-2-4-15(14)9-12/h5-6,10-12,14-15H,1-4,7-9H2/b6-5+. The molecular formula is C18H21ClF2. The molecule has 2 fully saturated rings. The summed E-state index contributed by atoms with van der Waals surface area (Å²) < 4.78 is 26.8. The minimum absolute atomic E-state index is 0.421. The minimum atomic E-state index is -0.688. The summed E-state index contributed by atoms with van der Waals surface area (Å²) in [5, 5.41) is -0.421. The van der Waals surface area contributed by atoms with Gasteiger partial charge in [0.2, 0.25) is 0 Å². The van der Waals surface area contributed by atoms with E-state index in [9.17, 15) is 8.78 Å². The molecule has 21 heavy (non-hydrogen) atoms. The maximum absolute atomic E-state index is 13.4. The Bertz CT molecular complexity index is 515. The Balaban J connectivity index is 1.66. The van der Waals surface area contributed by atoms with E-state index in [0.717, 1.165) is 11.8 Å². The molecule has 0 N–H and O–H groups in total. The van der Waals surface area contributed by atoms with Gasteiger partial charge in [0.25, 0.3) is 0 Å². The van der Waals surface area contributed by atoms with Gasteiger partial charge in [-0.05, 0) is 54.7 Å². The molecule has 0 bridgehead atoms. The van der Waals surface area contributed by atoms with Crippen molar-refractivity contribution in [2.75, 3.05) is 0 Å². The number of hydrogen-bond donors (Lipinski definition) is 0. The lowest BCUT2D eigenvalue weighted by Gasteiger charge is -2.38. The zero-order chi connectivity index (χ0) is 14.8. The van der Waals surface area contributed by atoms with E-state index < -0.39 is 16.7 Å². The molecule has 0 radical (unpaired) electrons. The van der Waals surface area contributed by atoms with Gasteiger partial charge < -0.3 is 0 Å². The first-order chi connectivity index (χ1) is 10.1. The Kier molecular flexibility index (Phi) is 4.63. The third kappa shape index (κ3) is 3.48. The van der Waals surface area contributed by atoms with Crippen LogP contribution in [0.4, 0.5) is 8.78 Å². The van der Waals surface area contributed by atoms with E-state index in [2.05, 4.69) is 6.08 Å². The summed E-state index contributed by atoms with van der Waals surface area (Å²) in [6, 6.07) is 2.60. The lowest BCUT2D eigenvalue weighted by Crippen LogP contribution is -2.26. The monoisotopic (exact) mass is 310 g/mol. The molecule has 2 saturated carbocycles. The van der Waals surface area contributed by atoms with Crippen LogP contribution in [0.1, 0.15) is 50.5 Å². The molecule has 0 heterocycles. The van der Waals surface area contributed by atoms with Gasteiger partial charge >= 0.3 is 0 Å². The topological polar surface area (TPSA) is 0 Å². The van der Waals surface area contributed by atoms with Crippen molar-refractivity contribution in [3.63, 3.8) is 0 Å². The fourth-order valence-electron chi connectivity index (χ4n) is 4.00. The predicted molar refractivity (Wildman–Crippen MR) is 83.2 cm³/mol. The minimum Gasteiger partial charge on any atom is -0.205 e. The highest BCUT2D eigenvalue weighted by molar-refractivity contribution is 6.30. The van der Waals surface area contributed by atoms with Crippen molar-refractivity contribution < 1.29 is 8.78 Å². The quantitative estimate of drug-likeness (QED) is 0.567. The van der Waals surface area contributed by atoms with E-state index >= 15 is 0 Å². The summed E-state index contributed by atoms with van der Waals surface area (Å²) >= 11 is 5.50. The zero-order valence-corrected chi connectivity index (χ0v) is 12.9. The van der Waals surface area contributed by atoms with Crippen molar-refractivity contribution in [1.82, 2.24) is 0 Å². The highest BCUT2D eigenvalue weighted by Crippen LogP contribution is 2.43.